The average Bonchev–Trinajstić information content (AvgIpc) is 2.65. The number of rotatable bonds is 3. The topological polar surface area (TPSA) is 38.0 Å². The lowest BCUT2D eigenvalue weighted by Gasteiger charge is -2.16. The number of halogens is 3. The van der Waals surface area contributed by atoms with Crippen LogP contribution in [0.1, 0.15) is 17.2 Å². The maximum atomic E-state index is 13.4. The second-order valence-electron chi connectivity index (χ2n) is 3.48. The molecule has 0 aliphatic carbocycles. The van der Waals surface area contributed by atoms with Crippen molar-refractivity contribution in [3.63, 3.8) is 0 Å². The number of thiophene rings is 1. The Hall–Kier alpha value is -0.270. The summed E-state index contributed by atoms with van der Waals surface area (Å²) in [6, 6.07) is 4.50. The lowest BCUT2D eigenvalue weighted by Crippen LogP contribution is -2.28. The summed E-state index contributed by atoms with van der Waals surface area (Å²) in [6.45, 7) is 0. The molecule has 0 fully saturated rings. The zero-order chi connectivity index (χ0) is 12.4. The zero-order valence-corrected chi connectivity index (χ0v) is 12.6. The van der Waals surface area contributed by atoms with Gasteiger partial charge in [0, 0.05) is 14.3 Å². The SMILES string of the molecule is NNC(c1cc(F)cc(Br)c1)c1cscc1Br. The van der Waals surface area contributed by atoms with Gasteiger partial charge in [0.25, 0.3) is 0 Å². The minimum atomic E-state index is -0.291. The molecule has 1 aromatic heterocycles. The molecule has 1 aromatic carbocycles. The van der Waals surface area contributed by atoms with Crippen LogP contribution in [0.4, 0.5) is 4.39 Å². The fourth-order valence-electron chi connectivity index (χ4n) is 1.60. The van der Waals surface area contributed by atoms with Crippen molar-refractivity contribution < 1.29 is 4.39 Å². The average molecular weight is 380 g/mol. The molecule has 2 nitrogen and oxygen atoms in total. The summed E-state index contributed by atoms with van der Waals surface area (Å²) in [4.78, 5) is 0. The van der Waals surface area contributed by atoms with Gasteiger partial charge < -0.3 is 0 Å². The molecule has 0 aliphatic rings. The van der Waals surface area contributed by atoms with Crippen LogP contribution >= 0.6 is 43.2 Å². The van der Waals surface area contributed by atoms with E-state index in [-0.39, 0.29) is 11.9 Å². The number of nitrogens with one attached hydrogen (secondary N) is 1. The molecule has 0 aliphatic heterocycles. The van der Waals surface area contributed by atoms with E-state index >= 15 is 0 Å². The van der Waals surface area contributed by atoms with Gasteiger partial charge in [-0.15, -0.1) is 0 Å². The Morgan fingerprint density at radius 1 is 1.24 bits per heavy atom. The first-order valence-electron chi connectivity index (χ1n) is 4.75. The van der Waals surface area contributed by atoms with Gasteiger partial charge in [0.1, 0.15) is 5.82 Å². The number of hydrogen-bond donors (Lipinski definition) is 2. The van der Waals surface area contributed by atoms with E-state index in [1.54, 1.807) is 11.3 Å². The van der Waals surface area contributed by atoms with Crippen LogP contribution in [0.3, 0.4) is 0 Å². The smallest absolute Gasteiger partial charge is 0.124 e. The third kappa shape index (κ3) is 2.95. The van der Waals surface area contributed by atoms with Gasteiger partial charge in [0.05, 0.1) is 6.04 Å². The lowest BCUT2D eigenvalue weighted by molar-refractivity contribution is 0.604. The molecule has 0 saturated carbocycles. The van der Waals surface area contributed by atoms with Gasteiger partial charge >= 0.3 is 0 Å². The summed E-state index contributed by atoms with van der Waals surface area (Å²) < 4.78 is 15.0. The molecule has 1 heterocycles. The molecule has 0 radical (unpaired) electrons. The van der Waals surface area contributed by atoms with Crippen molar-refractivity contribution in [1.82, 2.24) is 5.43 Å². The highest BCUT2D eigenvalue weighted by molar-refractivity contribution is 9.10. The number of hydrazine groups is 1. The maximum Gasteiger partial charge on any atom is 0.124 e. The standard InChI is InChI=1S/C11H9Br2FN2S/c12-7-1-6(2-8(14)3-7)11(16-15)9-4-17-5-10(9)13/h1-5,11,16H,15H2. The van der Waals surface area contributed by atoms with Crippen molar-refractivity contribution in [3.05, 3.63) is 54.8 Å². The normalized spacial score (nSPS) is 12.7. The summed E-state index contributed by atoms with van der Waals surface area (Å²) in [5.74, 6) is 5.27. The van der Waals surface area contributed by atoms with E-state index in [2.05, 4.69) is 37.3 Å². The van der Waals surface area contributed by atoms with Crippen LogP contribution in [0.25, 0.3) is 0 Å². The Bertz CT molecular complexity index is 510. The van der Waals surface area contributed by atoms with Crippen LogP contribution in [0.15, 0.2) is 37.9 Å². The van der Waals surface area contributed by atoms with E-state index < -0.39 is 0 Å². The Balaban J connectivity index is 2.45. The fourth-order valence-corrected chi connectivity index (χ4v) is 3.64. The Labute approximate surface area is 119 Å². The molecular formula is C11H9Br2FN2S. The van der Waals surface area contributed by atoms with Crippen molar-refractivity contribution in [2.24, 2.45) is 5.84 Å². The molecule has 3 N–H and O–H groups in total. The van der Waals surface area contributed by atoms with Gasteiger partial charge in [0.15, 0.2) is 0 Å². The molecule has 90 valence electrons. The van der Waals surface area contributed by atoms with Gasteiger partial charge in [-0.2, -0.15) is 11.3 Å². The number of benzene rings is 1. The third-order valence-electron chi connectivity index (χ3n) is 2.34. The Morgan fingerprint density at radius 3 is 2.53 bits per heavy atom. The van der Waals surface area contributed by atoms with E-state index in [1.165, 1.54) is 12.1 Å². The van der Waals surface area contributed by atoms with E-state index in [4.69, 9.17) is 5.84 Å². The summed E-state index contributed by atoms with van der Waals surface area (Å²) in [5, 5.41) is 3.95. The zero-order valence-electron chi connectivity index (χ0n) is 8.58. The molecule has 2 aromatic rings. The molecule has 0 bridgehead atoms. The van der Waals surface area contributed by atoms with Crippen molar-refractivity contribution in [1.29, 1.82) is 0 Å². The predicted molar refractivity (Wildman–Crippen MR) is 75.3 cm³/mol. The monoisotopic (exact) mass is 378 g/mol. The highest BCUT2D eigenvalue weighted by Crippen LogP contribution is 2.32. The summed E-state index contributed by atoms with van der Waals surface area (Å²) >= 11 is 8.29. The first-order valence-corrected chi connectivity index (χ1v) is 7.28. The predicted octanol–water partition coefficient (Wildman–Crippen LogP) is 3.96. The first kappa shape index (κ1) is 13.2. The van der Waals surface area contributed by atoms with E-state index in [0.29, 0.717) is 4.47 Å². The van der Waals surface area contributed by atoms with Gasteiger partial charge in [-0.25, -0.2) is 9.82 Å². The Kier molecular flexibility index (Phi) is 4.32. The molecule has 1 unspecified atom stereocenters. The van der Waals surface area contributed by atoms with Crippen LogP contribution in [0, 0.1) is 5.82 Å². The summed E-state index contributed by atoms with van der Waals surface area (Å²) in [5.41, 5.74) is 4.48. The molecule has 1 atom stereocenters. The van der Waals surface area contributed by atoms with Crippen LogP contribution < -0.4 is 11.3 Å². The molecular weight excluding hydrogens is 371 g/mol. The number of hydrogen-bond acceptors (Lipinski definition) is 3. The minimum Gasteiger partial charge on any atom is -0.271 e. The van der Waals surface area contributed by atoms with E-state index in [1.807, 2.05) is 16.8 Å². The molecule has 6 heteroatoms. The second kappa shape index (κ2) is 5.58. The molecule has 0 spiro atoms. The molecule has 0 amide bonds. The largest absolute Gasteiger partial charge is 0.271 e. The van der Waals surface area contributed by atoms with Crippen LogP contribution in [-0.4, -0.2) is 0 Å². The highest BCUT2D eigenvalue weighted by Gasteiger charge is 2.17. The van der Waals surface area contributed by atoms with Crippen LogP contribution in [-0.2, 0) is 0 Å². The lowest BCUT2D eigenvalue weighted by atomic mass is 10.0. The van der Waals surface area contributed by atoms with Crippen molar-refractivity contribution >= 4 is 43.2 Å². The van der Waals surface area contributed by atoms with Crippen molar-refractivity contribution in [2.75, 3.05) is 0 Å². The third-order valence-corrected chi connectivity index (χ3v) is 4.55. The van der Waals surface area contributed by atoms with Crippen molar-refractivity contribution in [2.45, 2.75) is 6.04 Å². The van der Waals surface area contributed by atoms with Crippen LogP contribution in [0.2, 0.25) is 0 Å². The summed E-state index contributed by atoms with van der Waals surface area (Å²) in [7, 11) is 0. The van der Waals surface area contributed by atoms with Crippen molar-refractivity contribution in [3.8, 4) is 0 Å². The Morgan fingerprint density at radius 2 is 2.00 bits per heavy atom. The van der Waals surface area contributed by atoms with E-state index in [0.717, 1.165) is 15.6 Å². The molecule has 17 heavy (non-hydrogen) atoms. The minimum absolute atomic E-state index is 0.234. The van der Waals surface area contributed by atoms with Gasteiger partial charge in [-0.1, -0.05) is 15.9 Å². The van der Waals surface area contributed by atoms with E-state index in [9.17, 15) is 4.39 Å². The summed E-state index contributed by atoms with van der Waals surface area (Å²) in [6.07, 6.45) is 0. The first-order chi connectivity index (χ1) is 8.11. The highest BCUT2D eigenvalue weighted by atomic mass is 79.9. The quantitative estimate of drug-likeness (QED) is 0.625. The van der Waals surface area contributed by atoms with Gasteiger partial charge in [0.2, 0.25) is 0 Å². The van der Waals surface area contributed by atoms with Crippen LogP contribution in [0.5, 0.6) is 0 Å². The number of nitrogens with two attached hydrogens (primary N) is 1. The fraction of sp³-hybridized carbons (Fsp3) is 0.0909. The molecule has 0 saturated heterocycles. The second-order valence-corrected chi connectivity index (χ2v) is 5.99. The van der Waals surface area contributed by atoms with Gasteiger partial charge in [-0.3, -0.25) is 5.84 Å². The van der Waals surface area contributed by atoms with Gasteiger partial charge in [-0.05, 0) is 50.6 Å². The molecule has 2 rings (SSSR count). The maximum absolute atomic E-state index is 13.4.